The molecule has 1 aliphatic carbocycles. The molecule has 2 bridgehead atoms. The SMILES string of the molecule is C[C@@H]1[C@@H](C)CCCC(O)(CN2CCN(C)CC2)[C@@H]2CC[C@H]2CN2CCCCc3cc(Cl)ccc3COc3ccc(cc32)C(=O)NS1(=O)=O. The fourth-order valence-corrected chi connectivity index (χ4v) is 9.69. The first-order valence-electron chi connectivity index (χ1n) is 17.9. The van der Waals surface area contributed by atoms with E-state index < -0.39 is 26.8 Å². The molecule has 3 heterocycles. The number of fused-ring (bicyclic) bond motifs is 3. The number of carbonyl (C=O) groups is 1. The summed E-state index contributed by atoms with van der Waals surface area (Å²) in [6, 6.07) is 11.2. The minimum absolute atomic E-state index is 0.141. The Hall–Kier alpha value is -2.37. The highest BCUT2D eigenvalue weighted by molar-refractivity contribution is 7.90. The molecule has 4 aliphatic rings. The molecule has 1 unspecified atom stereocenters. The highest BCUT2D eigenvalue weighted by atomic mass is 35.5. The van der Waals surface area contributed by atoms with Crippen molar-refractivity contribution in [1.29, 1.82) is 0 Å². The van der Waals surface area contributed by atoms with Gasteiger partial charge in [-0.2, -0.15) is 0 Å². The lowest BCUT2D eigenvalue weighted by molar-refractivity contribution is -0.109. The van der Waals surface area contributed by atoms with Gasteiger partial charge in [-0.25, -0.2) is 13.1 Å². The molecule has 2 aromatic carbocycles. The molecule has 264 valence electrons. The maximum atomic E-state index is 13.5. The van der Waals surface area contributed by atoms with Crippen molar-refractivity contribution in [2.75, 3.05) is 57.8 Å². The fourth-order valence-electron chi connectivity index (χ4n) is 8.18. The van der Waals surface area contributed by atoms with Crippen LogP contribution in [0.5, 0.6) is 5.75 Å². The molecular weight excluding hydrogens is 648 g/mol. The summed E-state index contributed by atoms with van der Waals surface area (Å²) in [5.41, 5.74) is 2.48. The number of halogens is 1. The Morgan fingerprint density at radius 2 is 1.77 bits per heavy atom. The van der Waals surface area contributed by atoms with E-state index in [1.807, 2.05) is 25.1 Å². The number of β-amino-alcohol motifs (C(OH)–C–C–N with tert-alkyl or cyclic N) is 1. The largest absolute Gasteiger partial charge is 0.487 e. The monoisotopic (exact) mass is 700 g/mol. The number of sulfonamides is 1. The molecule has 3 aliphatic heterocycles. The number of amides is 1. The first-order chi connectivity index (χ1) is 22.9. The number of aryl methyl sites for hydroxylation is 1. The first kappa shape index (κ1) is 35.5. The lowest BCUT2D eigenvalue weighted by Gasteiger charge is -2.51. The van der Waals surface area contributed by atoms with Crippen LogP contribution in [0, 0.1) is 17.8 Å². The maximum Gasteiger partial charge on any atom is 0.264 e. The van der Waals surface area contributed by atoms with Crippen LogP contribution in [-0.2, 0) is 23.1 Å². The normalized spacial score (nSPS) is 30.9. The second-order valence-electron chi connectivity index (χ2n) is 15.0. The van der Waals surface area contributed by atoms with Gasteiger partial charge in [0.05, 0.1) is 16.5 Å². The van der Waals surface area contributed by atoms with Gasteiger partial charge in [-0.15, -0.1) is 0 Å². The third-order valence-corrected chi connectivity index (χ3v) is 13.8. The molecule has 1 amide bonds. The van der Waals surface area contributed by atoms with Gasteiger partial charge in [0.2, 0.25) is 10.0 Å². The minimum atomic E-state index is -3.93. The Balaban J connectivity index is 1.36. The summed E-state index contributed by atoms with van der Waals surface area (Å²) in [6.07, 6.45) is 6.83. The van der Waals surface area contributed by atoms with Crippen LogP contribution >= 0.6 is 11.6 Å². The smallest absolute Gasteiger partial charge is 0.264 e. The van der Waals surface area contributed by atoms with E-state index in [2.05, 4.69) is 26.5 Å². The van der Waals surface area contributed by atoms with Crippen LogP contribution in [0.15, 0.2) is 36.4 Å². The zero-order valence-corrected chi connectivity index (χ0v) is 30.4. The highest BCUT2D eigenvalue weighted by Gasteiger charge is 2.48. The third-order valence-electron chi connectivity index (χ3n) is 11.7. The molecule has 6 rings (SSSR count). The lowest BCUT2D eigenvalue weighted by Crippen LogP contribution is -2.58. The molecule has 48 heavy (non-hydrogen) atoms. The second-order valence-corrected chi connectivity index (χ2v) is 17.4. The number of ether oxygens (including phenoxy) is 1. The third kappa shape index (κ3) is 7.99. The molecule has 0 aromatic heterocycles. The maximum absolute atomic E-state index is 13.5. The summed E-state index contributed by atoms with van der Waals surface area (Å²) in [7, 11) is -1.78. The van der Waals surface area contributed by atoms with E-state index in [9.17, 15) is 18.3 Å². The molecule has 0 radical (unpaired) electrons. The second kappa shape index (κ2) is 14.9. The average Bonchev–Trinajstić information content (AvgIpc) is 3.06. The summed E-state index contributed by atoms with van der Waals surface area (Å²) in [5, 5.41) is 12.6. The molecule has 2 aromatic rings. The number of carbonyl (C=O) groups excluding carboxylic acids is 1. The number of nitrogens with one attached hydrogen (secondary N) is 1. The van der Waals surface area contributed by atoms with Crippen molar-refractivity contribution < 1.29 is 23.1 Å². The number of rotatable bonds is 2. The van der Waals surface area contributed by atoms with E-state index in [0.717, 1.165) is 89.0 Å². The van der Waals surface area contributed by atoms with Gasteiger partial charge in [-0.05, 0) is 118 Å². The summed E-state index contributed by atoms with van der Waals surface area (Å²) in [4.78, 5) is 20.6. The number of aliphatic hydroxyl groups is 1. The summed E-state index contributed by atoms with van der Waals surface area (Å²) >= 11 is 6.37. The predicted molar refractivity (Wildman–Crippen MR) is 191 cm³/mol. The van der Waals surface area contributed by atoms with Gasteiger partial charge in [-0.3, -0.25) is 9.69 Å². The van der Waals surface area contributed by atoms with E-state index in [4.69, 9.17) is 16.3 Å². The number of hydrogen-bond donors (Lipinski definition) is 2. The highest BCUT2D eigenvalue weighted by Crippen LogP contribution is 2.46. The molecular formula is C37H53ClN4O5S. The van der Waals surface area contributed by atoms with Gasteiger partial charge in [0.1, 0.15) is 12.4 Å². The van der Waals surface area contributed by atoms with Crippen LogP contribution in [0.1, 0.15) is 80.3 Å². The van der Waals surface area contributed by atoms with Crippen LogP contribution in [-0.4, -0.2) is 92.9 Å². The Morgan fingerprint density at radius 1 is 0.979 bits per heavy atom. The van der Waals surface area contributed by atoms with Crippen molar-refractivity contribution in [1.82, 2.24) is 14.5 Å². The number of piperazine rings is 1. The molecule has 1 saturated heterocycles. The quantitative estimate of drug-likeness (QED) is 0.434. The minimum Gasteiger partial charge on any atom is -0.487 e. The Kier molecular flexibility index (Phi) is 11.0. The molecule has 11 heteroatoms. The van der Waals surface area contributed by atoms with Crippen LogP contribution in [0.2, 0.25) is 5.02 Å². The van der Waals surface area contributed by atoms with E-state index in [0.29, 0.717) is 42.7 Å². The first-order valence-corrected chi connectivity index (χ1v) is 19.8. The fraction of sp³-hybridized carbons (Fsp3) is 0.649. The molecule has 9 nitrogen and oxygen atoms in total. The molecule has 5 atom stereocenters. The van der Waals surface area contributed by atoms with E-state index in [1.165, 1.54) is 5.56 Å². The van der Waals surface area contributed by atoms with Gasteiger partial charge in [0.15, 0.2) is 0 Å². The molecule has 1 saturated carbocycles. The summed E-state index contributed by atoms with van der Waals surface area (Å²) < 4.78 is 35.8. The van der Waals surface area contributed by atoms with Crippen molar-refractivity contribution in [3.05, 3.63) is 58.1 Å². The van der Waals surface area contributed by atoms with Crippen molar-refractivity contribution in [3.8, 4) is 5.75 Å². The molecule has 2 fully saturated rings. The molecule has 0 spiro atoms. The van der Waals surface area contributed by atoms with Gasteiger partial charge in [0.25, 0.3) is 5.91 Å². The van der Waals surface area contributed by atoms with Gasteiger partial charge < -0.3 is 19.6 Å². The predicted octanol–water partition coefficient (Wildman–Crippen LogP) is 5.33. The number of anilines is 1. The Morgan fingerprint density at radius 3 is 2.52 bits per heavy atom. The lowest BCUT2D eigenvalue weighted by atomic mass is 9.62. The average molecular weight is 701 g/mol. The van der Waals surface area contributed by atoms with Crippen molar-refractivity contribution >= 4 is 33.2 Å². The van der Waals surface area contributed by atoms with E-state index in [-0.39, 0.29) is 17.4 Å². The molecule has 2 N–H and O–H groups in total. The van der Waals surface area contributed by atoms with Crippen LogP contribution in [0.25, 0.3) is 0 Å². The van der Waals surface area contributed by atoms with Crippen molar-refractivity contribution in [2.24, 2.45) is 17.8 Å². The van der Waals surface area contributed by atoms with Crippen LogP contribution < -0.4 is 14.4 Å². The zero-order valence-electron chi connectivity index (χ0n) is 28.8. The topological polar surface area (TPSA) is 102 Å². The van der Waals surface area contributed by atoms with Crippen LogP contribution in [0.3, 0.4) is 0 Å². The van der Waals surface area contributed by atoms with E-state index in [1.54, 1.807) is 25.1 Å². The Labute approximate surface area is 292 Å². The van der Waals surface area contributed by atoms with Gasteiger partial charge >= 0.3 is 0 Å². The summed E-state index contributed by atoms with van der Waals surface area (Å²) in [6.45, 7) is 9.97. The van der Waals surface area contributed by atoms with Crippen molar-refractivity contribution in [2.45, 2.75) is 82.7 Å². The van der Waals surface area contributed by atoms with Gasteiger partial charge in [-0.1, -0.05) is 31.0 Å². The summed E-state index contributed by atoms with van der Waals surface area (Å²) in [5.74, 6) is 0.285. The number of nitrogens with zero attached hydrogens (tertiary/aromatic N) is 3. The van der Waals surface area contributed by atoms with E-state index >= 15 is 0 Å². The van der Waals surface area contributed by atoms with Crippen molar-refractivity contribution in [3.63, 3.8) is 0 Å². The number of likely N-dealkylation sites (N-methyl/N-ethyl adjacent to an activating group) is 1. The van der Waals surface area contributed by atoms with Gasteiger partial charge in [0, 0.05) is 56.4 Å². The van der Waals surface area contributed by atoms with Crippen LogP contribution in [0.4, 0.5) is 5.69 Å². The number of benzene rings is 2. The Bertz CT molecular complexity index is 1560. The standard InChI is InChI=1S/C37H53ClN4O5S/c1-26-7-6-15-37(44,25-41-19-17-40(3)18-20-41)33-13-10-30(33)23-42-16-5-4-8-28-21-32(38)12-9-31(28)24-47-35-14-11-29(22-34(35)42)36(43)39-48(45,46)27(26)2/h9,11-12,14,21-22,26-27,30,33,44H,4-8,10,13,15-20,23-25H2,1-3H3,(H,39,43)/t26-,27+,30-,33+,37?/m0/s1. The zero-order chi connectivity index (χ0) is 34.1. The number of hydrogen-bond acceptors (Lipinski definition) is 8.